The van der Waals surface area contributed by atoms with Gasteiger partial charge in [0.15, 0.2) is 5.69 Å². The Labute approximate surface area is 159 Å². The van der Waals surface area contributed by atoms with Gasteiger partial charge in [-0.05, 0) is 43.2 Å². The minimum atomic E-state index is -4.61. The van der Waals surface area contributed by atoms with Crippen molar-refractivity contribution in [2.75, 3.05) is 13.1 Å². The summed E-state index contributed by atoms with van der Waals surface area (Å²) in [6, 6.07) is 6.06. The van der Waals surface area contributed by atoms with E-state index >= 15 is 0 Å². The van der Waals surface area contributed by atoms with Crippen LogP contribution < -0.4 is 4.74 Å². The summed E-state index contributed by atoms with van der Waals surface area (Å²) in [5.74, 6) is 0. The van der Waals surface area contributed by atoms with Crippen molar-refractivity contribution in [1.29, 1.82) is 0 Å². The second kappa shape index (κ2) is 7.61. The molecule has 1 atom stereocenters. The molecule has 0 aliphatic carbocycles. The van der Waals surface area contributed by atoms with E-state index in [1.807, 2.05) is 0 Å². The normalized spacial score (nSPS) is 19.0. The van der Waals surface area contributed by atoms with Gasteiger partial charge in [0.2, 0.25) is 10.0 Å². The summed E-state index contributed by atoms with van der Waals surface area (Å²) in [4.78, 5) is 7.12. The maximum atomic E-state index is 12.7. The number of benzene rings is 1. The van der Waals surface area contributed by atoms with E-state index in [2.05, 4.69) is 9.97 Å². The molecule has 0 spiro atoms. The molecule has 1 aliphatic rings. The van der Waals surface area contributed by atoms with Crippen LogP contribution in [-0.2, 0) is 16.2 Å². The molecule has 0 bridgehead atoms. The number of rotatable bonds is 4. The van der Waals surface area contributed by atoms with Gasteiger partial charge < -0.3 is 4.74 Å². The Kier molecular flexibility index (Phi) is 5.59. The zero-order valence-corrected chi connectivity index (χ0v) is 15.4. The standard InChI is InChI=1S/C16H15ClF3N3O3S/c17-11-3-5-13(6-4-11)27(24,25)23-9-1-2-12(10-23)26-15-21-8-7-14(22-15)16(18,19)20/h3-8,12H,1-2,9-10H2. The van der Waals surface area contributed by atoms with Gasteiger partial charge in [-0.15, -0.1) is 0 Å². The number of aromatic nitrogens is 2. The molecule has 1 aliphatic heterocycles. The highest BCUT2D eigenvalue weighted by Gasteiger charge is 2.34. The van der Waals surface area contributed by atoms with Gasteiger partial charge in [0, 0.05) is 17.8 Å². The lowest BCUT2D eigenvalue weighted by molar-refractivity contribution is -0.141. The number of halogens is 4. The lowest BCUT2D eigenvalue weighted by atomic mass is 10.1. The molecule has 6 nitrogen and oxygen atoms in total. The number of nitrogens with zero attached hydrogens (tertiary/aromatic N) is 3. The van der Waals surface area contributed by atoms with E-state index in [1.54, 1.807) is 0 Å². The van der Waals surface area contributed by atoms with Crippen LogP contribution in [0.1, 0.15) is 18.5 Å². The van der Waals surface area contributed by atoms with E-state index in [4.69, 9.17) is 16.3 Å². The van der Waals surface area contributed by atoms with Crippen molar-refractivity contribution in [2.24, 2.45) is 0 Å². The molecule has 1 fully saturated rings. The molecule has 0 radical (unpaired) electrons. The van der Waals surface area contributed by atoms with Crippen molar-refractivity contribution >= 4 is 21.6 Å². The van der Waals surface area contributed by atoms with Gasteiger partial charge in [0.05, 0.1) is 11.4 Å². The smallest absolute Gasteiger partial charge is 0.433 e. The van der Waals surface area contributed by atoms with E-state index in [0.29, 0.717) is 17.9 Å². The van der Waals surface area contributed by atoms with Crippen LogP contribution in [0.25, 0.3) is 0 Å². The third-order valence-corrected chi connectivity index (χ3v) is 6.12. The Hall–Kier alpha value is -1.91. The largest absolute Gasteiger partial charge is 0.459 e. The lowest BCUT2D eigenvalue weighted by Gasteiger charge is -2.31. The van der Waals surface area contributed by atoms with Gasteiger partial charge in [0.25, 0.3) is 0 Å². The Morgan fingerprint density at radius 3 is 2.56 bits per heavy atom. The fourth-order valence-electron chi connectivity index (χ4n) is 2.68. The minimum Gasteiger partial charge on any atom is -0.459 e. The highest BCUT2D eigenvalue weighted by atomic mass is 35.5. The van der Waals surface area contributed by atoms with Crippen molar-refractivity contribution in [2.45, 2.75) is 30.0 Å². The average molecular weight is 422 g/mol. The monoisotopic (exact) mass is 421 g/mol. The molecule has 3 rings (SSSR count). The van der Waals surface area contributed by atoms with E-state index in [-0.39, 0.29) is 18.0 Å². The van der Waals surface area contributed by atoms with Gasteiger partial charge in [0.1, 0.15) is 6.10 Å². The Bertz CT molecular complexity index is 907. The molecular formula is C16H15ClF3N3O3S. The summed E-state index contributed by atoms with van der Waals surface area (Å²) in [7, 11) is -3.76. The SMILES string of the molecule is O=S(=O)(c1ccc(Cl)cc1)N1CCCC(Oc2nccc(C(F)(F)F)n2)C1. The maximum Gasteiger partial charge on any atom is 0.433 e. The predicted octanol–water partition coefficient (Wildman–Crippen LogP) is 3.38. The van der Waals surface area contributed by atoms with Crippen molar-refractivity contribution in [3.63, 3.8) is 0 Å². The van der Waals surface area contributed by atoms with Crippen molar-refractivity contribution < 1.29 is 26.3 Å². The fraction of sp³-hybridized carbons (Fsp3) is 0.375. The van der Waals surface area contributed by atoms with Crippen LogP contribution in [0.5, 0.6) is 6.01 Å². The third-order valence-electron chi connectivity index (χ3n) is 3.99. The van der Waals surface area contributed by atoms with Gasteiger partial charge in [-0.25, -0.2) is 13.4 Å². The van der Waals surface area contributed by atoms with Gasteiger partial charge in [-0.2, -0.15) is 22.5 Å². The van der Waals surface area contributed by atoms with Crippen LogP contribution >= 0.6 is 11.6 Å². The Balaban J connectivity index is 1.74. The van der Waals surface area contributed by atoms with Crippen molar-refractivity contribution in [1.82, 2.24) is 14.3 Å². The number of hydrogen-bond donors (Lipinski definition) is 0. The van der Waals surface area contributed by atoms with E-state index in [0.717, 1.165) is 12.3 Å². The van der Waals surface area contributed by atoms with Crippen LogP contribution in [0.4, 0.5) is 13.2 Å². The molecule has 2 heterocycles. The predicted molar refractivity (Wildman–Crippen MR) is 90.9 cm³/mol. The first kappa shape index (κ1) is 19.8. The first-order valence-corrected chi connectivity index (χ1v) is 9.81. The Morgan fingerprint density at radius 2 is 1.89 bits per heavy atom. The molecule has 1 aromatic carbocycles. The molecule has 2 aromatic rings. The molecule has 1 unspecified atom stereocenters. The summed E-state index contributed by atoms with van der Waals surface area (Å²) in [5, 5.41) is 0.412. The summed E-state index contributed by atoms with van der Waals surface area (Å²) >= 11 is 5.78. The first-order chi connectivity index (χ1) is 12.7. The summed E-state index contributed by atoms with van der Waals surface area (Å²) in [6.07, 6.45) is -3.33. The van der Waals surface area contributed by atoms with Gasteiger partial charge in [-0.3, -0.25) is 0 Å². The molecular weight excluding hydrogens is 407 g/mol. The zero-order chi connectivity index (χ0) is 19.7. The van der Waals surface area contributed by atoms with Crippen LogP contribution in [0.15, 0.2) is 41.4 Å². The maximum absolute atomic E-state index is 12.7. The van der Waals surface area contributed by atoms with Crippen molar-refractivity contribution in [3.8, 4) is 6.01 Å². The summed E-state index contributed by atoms with van der Waals surface area (Å²) in [6.45, 7) is 0.277. The molecule has 0 N–H and O–H groups in total. The van der Waals surface area contributed by atoms with Gasteiger partial charge in [-0.1, -0.05) is 11.6 Å². The van der Waals surface area contributed by atoms with Gasteiger partial charge >= 0.3 is 12.2 Å². The second-order valence-electron chi connectivity index (χ2n) is 5.92. The summed E-state index contributed by atoms with van der Waals surface area (Å²) < 4.78 is 70.3. The number of alkyl halides is 3. The molecule has 0 amide bonds. The number of ether oxygens (including phenoxy) is 1. The van der Waals surface area contributed by atoms with Crippen LogP contribution in [-0.4, -0.2) is 41.9 Å². The third kappa shape index (κ3) is 4.69. The highest BCUT2D eigenvalue weighted by molar-refractivity contribution is 7.89. The second-order valence-corrected chi connectivity index (χ2v) is 8.30. The molecule has 1 aromatic heterocycles. The lowest BCUT2D eigenvalue weighted by Crippen LogP contribution is -2.44. The molecule has 146 valence electrons. The highest BCUT2D eigenvalue weighted by Crippen LogP contribution is 2.29. The average Bonchev–Trinajstić information content (AvgIpc) is 2.62. The molecule has 0 saturated carbocycles. The van der Waals surface area contributed by atoms with Crippen LogP contribution in [0, 0.1) is 0 Å². The molecule has 11 heteroatoms. The Morgan fingerprint density at radius 1 is 1.19 bits per heavy atom. The van der Waals surface area contributed by atoms with E-state index in [9.17, 15) is 21.6 Å². The topological polar surface area (TPSA) is 72.4 Å². The quantitative estimate of drug-likeness (QED) is 0.756. The van der Waals surface area contributed by atoms with Crippen molar-refractivity contribution in [3.05, 3.63) is 47.2 Å². The van der Waals surface area contributed by atoms with Crippen LogP contribution in [0.2, 0.25) is 5.02 Å². The first-order valence-electron chi connectivity index (χ1n) is 7.99. The molecule has 1 saturated heterocycles. The van der Waals surface area contributed by atoms with E-state index in [1.165, 1.54) is 28.6 Å². The zero-order valence-electron chi connectivity index (χ0n) is 13.9. The van der Waals surface area contributed by atoms with E-state index < -0.39 is 34.0 Å². The van der Waals surface area contributed by atoms with Crippen LogP contribution in [0.3, 0.4) is 0 Å². The molecule has 27 heavy (non-hydrogen) atoms. The number of hydrogen-bond acceptors (Lipinski definition) is 5. The minimum absolute atomic E-state index is 0.00936. The fourth-order valence-corrected chi connectivity index (χ4v) is 4.32. The summed E-state index contributed by atoms with van der Waals surface area (Å²) in [5.41, 5.74) is -1.12. The number of sulfonamides is 1. The number of piperidine rings is 1.